The third-order valence-corrected chi connectivity index (χ3v) is 8.93. The van der Waals surface area contributed by atoms with E-state index in [4.69, 9.17) is 9.98 Å². The second kappa shape index (κ2) is 10.4. The minimum absolute atomic E-state index is 0.0614. The van der Waals surface area contributed by atoms with Crippen LogP contribution in [0.2, 0.25) is 0 Å². The maximum absolute atomic E-state index is 5.03. The zero-order valence-corrected chi connectivity index (χ0v) is 24.5. The molecule has 2 aliphatic rings. The second-order valence-corrected chi connectivity index (χ2v) is 11.5. The predicted octanol–water partition coefficient (Wildman–Crippen LogP) is 9.85. The van der Waals surface area contributed by atoms with Crippen LogP contribution in [0.1, 0.15) is 11.5 Å². The number of rotatable bonds is 5. The lowest BCUT2D eigenvalue weighted by Gasteiger charge is -2.31. The molecule has 0 saturated carbocycles. The summed E-state index contributed by atoms with van der Waals surface area (Å²) < 4.78 is 2.30. The van der Waals surface area contributed by atoms with Crippen molar-refractivity contribution in [1.82, 2.24) is 9.55 Å². The van der Waals surface area contributed by atoms with Gasteiger partial charge in [-0.25, -0.2) is 4.98 Å². The number of dihydropyridines is 1. The largest absolute Gasteiger partial charge is 0.317 e. The molecule has 214 valence electrons. The SMILES string of the molecule is C1=CC2c3ccccc3N(c3cc(N(c4ccccc4)c4ccccc4)cc(-n4c5ccccc5c5cccnc54)c3)C2N=C1. The lowest BCUT2D eigenvalue weighted by Crippen LogP contribution is -2.29. The summed E-state index contributed by atoms with van der Waals surface area (Å²) in [5.74, 6) is 0.188. The molecule has 5 heteroatoms. The van der Waals surface area contributed by atoms with Crippen LogP contribution in [0.25, 0.3) is 27.6 Å². The van der Waals surface area contributed by atoms with Crippen LogP contribution in [-0.4, -0.2) is 21.9 Å². The number of para-hydroxylation sites is 4. The van der Waals surface area contributed by atoms with Crippen LogP contribution in [0.3, 0.4) is 0 Å². The Labute approximate surface area is 261 Å². The van der Waals surface area contributed by atoms with Crippen molar-refractivity contribution >= 4 is 56.6 Å². The Kier molecular flexibility index (Phi) is 5.88. The molecule has 2 unspecified atom stereocenters. The highest BCUT2D eigenvalue weighted by molar-refractivity contribution is 6.08. The van der Waals surface area contributed by atoms with Gasteiger partial charge in [-0.05, 0) is 78.4 Å². The fourth-order valence-corrected chi connectivity index (χ4v) is 7.05. The van der Waals surface area contributed by atoms with E-state index in [1.165, 1.54) is 16.6 Å². The van der Waals surface area contributed by atoms with Crippen LogP contribution in [0.15, 0.2) is 163 Å². The van der Waals surface area contributed by atoms with Gasteiger partial charge in [0.25, 0.3) is 0 Å². The molecule has 4 heterocycles. The van der Waals surface area contributed by atoms with Crippen LogP contribution >= 0.6 is 0 Å². The van der Waals surface area contributed by atoms with E-state index in [1.54, 1.807) is 0 Å². The molecule has 5 aromatic carbocycles. The molecule has 0 saturated heterocycles. The zero-order valence-electron chi connectivity index (χ0n) is 24.5. The van der Waals surface area contributed by atoms with E-state index in [-0.39, 0.29) is 12.1 Å². The van der Waals surface area contributed by atoms with Crippen molar-refractivity contribution in [3.8, 4) is 5.69 Å². The molecule has 2 aromatic heterocycles. The second-order valence-electron chi connectivity index (χ2n) is 11.5. The molecule has 2 aliphatic heterocycles. The van der Waals surface area contributed by atoms with Crippen molar-refractivity contribution < 1.29 is 0 Å². The van der Waals surface area contributed by atoms with Crippen molar-refractivity contribution in [3.63, 3.8) is 0 Å². The number of allylic oxidation sites excluding steroid dienone is 1. The summed E-state index contributed by atoms with van der Waals surface area (Å²) in [4.78, 5) is 14.7. The summed E-state index contributed by atoms with van der Waals surface area (Å²) in [5, 5.41) is 2.32. The summed E-state index contributed by atoms with van der Waals surface area (Å²) in [5.41, 5.74) is 9.89. The van der Waals surface area contributed by atoms with Gasteiger partial charge in [0.15, 0.2) is 0 Å². The minimum atomic E-state index is -0.0614. The summed E-state index contributed by atoms with van der Waals surface area (Å²) in [7, 11) is 0. The van der Waals surface area contributed by atoms with Crippen LogP contribution in [-0.2, 0) is 0 Å². The van der Waals surface area contributed by atoms with Gasteiger partial charge in [0.05, 0.1) is 16.9 Å². The molecule has 2 atom stereocenters. The Bertz CT molecular complexity index is 2160. The molecule has 5 nitrogen and oxygen atoms in total. The first-order valence-electron chi connectivity index (χ1n) is 15.3. The Hall–Kier alpha value is -5.94. The maximum atomic E-state index is 5.03. The van der Waals surface area contributed by atoms with Crippen molar-refractivity contribution in [2.24, 2.45) is 4.99 Å². The highest BCUT2D eigenvalue weighted by atomic mass is 15.3. The summed E-state index contributed by atoms with van der Waals surface area (Å²) in [6, 6.07) is 49.5. The first-order valence-corrected chi connectivity index (χ1v) is 15.3. The molecule has 45 heavy (non-hydrogen) atoms. The number of fused-ring (bicyclic) bond motifs is 6. The molecule has 7 aromatic rings. The van der Waals surface area contributed by atoms with Gasteiger partial charge in [0.1, 0.15) is 11.8 Å². The third kappa shape index (κ3) is 4.09. The summed E-state index contributed by atoms with van der Waals surface area (Å²) in [6.07, 6.45) is 8.10. The average Bonchev–Trinajstić information content (AvgIpc) is 3.63. The smallest absolute Gasteiger partial charge is 0.145 e. The fourth-order valence-electron chi connectivity index (χ4n) is 7.05. The van der Waals surface area contributed by atoms with Gasteiger partial charge < -0.3 is 9.80 Å². The molecule has 0 bridgehead atoms. The highest BCUT2D eigenvalue weighted by Crippen LogP contribution is 2.49. The van der Waals surface area contributed by atoms with Crippen LogP contribution in [0.5, 0.6) is 0 Å². The molecule has 0 aliphatic carbocycles. The Balaban J connectivity index is 1.35. The van der Waals surface area contributed by atoms with Gasteiger partial charge in [-0.2, -0.15) is 0 Å². The normalized spacial score (nSPS) is 16.7. The Morgan fingerprint density at radius 3 is 2.11 bits per heavy atom. The molecule has 9 rings (SSSR count). The number of anilines is 5. The Morgan fingerprint density at radius 1 is 0.600 bits per heavy atom. The van der Waals surface area contributed by atoms with E-state index >= 15 is 0 Å². The van der Waals surface area contributed by atoms with Crippen LogP contribution in [0, 0.1) is 0 Å². The number of benzene rings is 5. The van der Waals surface area contributed by atoms with Crippen molar-refractivity contribution in [2.75, 3.05) is 9.80 Å². The van der Waals surface area contributed by atoms with Crippen molar-refractivity contribution in [1.29, 1.82) is 0 Å². The van der Waals surface area contributed by atoms with Crippen molar-refractivity contribution in [3.05, 3.63) is 163 Å². The summed E-state index contributed by atoms with van der Waals surface area (Å²) >= 11 is 0. The average molecular weight is 580 g/mol. The van der Waals surface area contributed by atoms with Gasteiger partial charge >= 0.3 is 0 Å². The molecular formula is C40H29N5. The number of aromatic nitrogens is 2. The molecule has 0 N–H and O–H groups in total. The zero-order chi connectivity index (χ0) is 29.7. The lowest BCUT2D eigenvalue weighted by molar-refractivity contribution is 0.659. The van der Waals surface area contributed by atoms with Gasteiger partial charge in [-0.3, -0.25) is 9.56 Å². The number of nitrogens with zero attached hydrogens (tertiary/aromatic N) is 5. The van der Waals surface area contributed by atoms with E-state index < -0.39 is 0 Å². The number of hydrogen-bond donors (Lipinski definition) is 0. The quantitative estimate of drug-likeness (QED) is 0.204. The Morgan fingerprint density at radius 2 is 1.29 bits per heavy atom. The third-order valence-electron chi connectivity index (χ3n) is 8.93. The number of aliphatic imine (C=N–C) groups is 1. The van der Waals surface area contributed by atoms with Gasteiger partial charge in [-0.1, -0.05) is 78.9 Å². The predicted molar refractivity (Wildman–Crippen MR) is 186 cm³/mol. The molecule has 0 fully saturated rings. The topological polar surface area (TPSA) is 36.7 Å². The first-order chi connectivity index (χ1) is 22.3. The molecule has 0 amide bonds. The van der Waals surface area contributed by atoms with Gasteiger partial charge in [-0.15, -0.1) is 0 Å². The van der Waals surface area contributed by atoms with E-state index in [2.05, 4.69) is 160 Å². The van der Waals surface area contributed by atoms with E-state index in [0.717, 1.165) is 45.0 Å². The monoisotopic (exact) mass is 579 g/mol. The number of pyridine rings is 1. The number of hydrogen-bond acceptors (Lipinski definition) is 4. The lowest BCUT2D eigenvalue weighted by atomic mass is 9.97. The first kappa shape index (κ1) is 25.5. The molecular weight excluding hydrogens is 550 g/mol. The van der Waals surface area contributed by atoms with E-state index in [9.17, 15) is 0 Å². The molecule has 0 spiro atoms. The minimum Gasteiger partial charge on any atom is -0.317 e. The fraction of sp³-hybridized carbons (Fsp3) is 0.0500. The van der Waals surface area contributed by atoms with Crippen LogP contribution < -0.4 is 9.80 Å². The van der Waals surface area contributed by atoms with E-state index in [1.807, 2.05) is 18.5 Å². The van der Waals surface area contributed by atoms with E-state index in [0.29, 0.717) is 0 Å². The van der Waals surface area contributed by atoms with Crippen molar-refractivity contribution in [2.45, 2.75) is 12.1 Å². The molecule has 0 radical (unpaired) electrons. The van der Waals surface area contributed by atoms with Crippen LogP contribution in [0.4, 0.5) is 28.4 Å². The standard InChI is InChI=1S/C40H29N5/c1-3-13-28(14-4-1)43(29-15-5-2-6-16-29)30-25-31(44-37-21-9-7-17-33(37)35-19-11-23-41-39(35)44)27-32(26-30)45-38-22-10-8-18-34(38)36-20-12-24-42-40(36)45/h1-27,35,39H. The maximum Gasteiger partial charge on any atom is 0.145 e. The summed E-state index contributed by atoms with van der Waals surface area (Å²) in [6.45, 7) is 0. The van der Waals surface area contributed by atoms with Gasteiger partial charge in [0, 0.05) is 51.9 Å². The highest BCUT2D eigenvalue weighted by Gasteiger charge is 2.38. The van der Waals surface area contributed by atoms with Gasteiger partial charge in [0.2, 0.25) is 0 Å².